The van der Waals surface area contributed by atoms with E-state index < -0.39 is 28.6 Å². The van der Waals surface area contributed by atoms with Crippen LogP contribution < -0.4 is 15.0 Å². The summed E-state index contributed by atoms with van der Waals surface area (Å²) in [6, 6.07) is 31.8. The maximum atomic E-state index is 13.9. The Balaban J connectivity index is 1.40. The lowest BCUT2D eigenvalue weighted by Gasteiger charge is -2.35. The van der Waals surface area contributed by atoms with E-state index in [2.05, 4.69) is 21.2 Å². The lowest BCUT2D eigenvalue weighted by atomic mass is 10.1. The van der Waals surface area contributed by atoms with Crippen molar-refractivity contribution in [1.29, 1.82) is 0 Å². The van der Waals surface area contributed by atoms with Crippen molar-refractivity contribution in [2.45, 2.75) is 24.1 Å². The lowest BCUT2D eigenvalue weighted by Crippen LogP contribution is -2.52. The van der Waals surface area contributed by atoms with Crippen LogP contribution in [0.5, 0.6) is 5.75 Å². The van der Waals surface area contributed by atoms with E-state index in [4.69, 9.17) is 4.74 Å². The smallest absolute Gasteiger partial charge is 0.263 e. The van der Waals surface area contributed by atoms with Crippen LogP contribution in [0, 0.1) is 0 Å². The van der Waals surface area contributed by atoms with Crippen LogP contribution in [-0.4, -0.2) is 43.7 Å². The molecule has 0 aliphatic carbocycles. The third-order valence-corrected chi connectivity index (χ3v) is 8.98. The molecule has 4 aromatic carbocycles. The quantitative estimate of drug-likeness (QED) is 0.287. The molecule has 41 heavy (non-hydrogen) atoms. The standard InChI is InChI=1S/C31H28BrN3O5S/c32-25-15-17-26(18-16-25)41(38,39)34(20-24-11-5-2-6-12-24)22-30(36)35-21-29(40-28-14-8-7-13-27(28)35)31(37)33-19-23-9-3-1-4-10-23/h1-18,29H,19-22H2,(H,33,37). The first-order chi connectivity index (χ1) is 19.8. The van der Waals surface area contributed by atoms with Gasteiger partial charge >= 0.3 is 0 Å². The molecule has 0 saturated carbocycles. The summed E-state index contributed by atoms with van der Waals surface area (Å²) in [7, 11) is -4.04. The third kappa shape index (κ3) is 6.84. The number of anilines is 1. The van der Waals surface area contributed by atoms with Gasteiger partial charge in [-0.25, -0.2) is 8.42 Å². The molecule has 0 aromatic heterocycles. The third-order valence-electron chi connectivity index (χ3n) is 6.64. The number of sulfonamides is 1. The number of fused-ring (bicyclic) bond motifs is 1. The van der Waals surface area contributed by atoms with Gasteiger partial charge < -0.3 is 15.0 Å². The van der Waals surface area contributed by atoms with Gasteiger partial charge in [-0.1, -0.05) is 88.7 Å². The molecule has 1 aliphatic rings. The minimum absolute atomic E-state index is 0.00203. The van der Waals surface area contributed by atoms with Crippen LogP contribution in [-0.2, 0) is 32.7 Å². The summed E-state index contributed by atoms with van der Waals surface area (Å²) in [5, 5.41) is 2.87. The predicted molar refractivity (Wildman–Crippen MR) is 160 cm³/mol. The predicted octanol–water partition coefficient (Wildman–Crippen LogP) is 4.75. The van der Waals surface area contributed by atoms with Gasteiger partial charge in [0.2, 0.25) is 15.9 Å². The van der Waals surface area contributed by atoms with Crippen molar-refractivity contribution in [3.05, 3.63) is 125 Å². The Labute approximate surface area is 247 Å². The Kier molecular flexibility index (Phi) is 8.82. The molecule has 10 heteroatoms. The highest BCUT2D eigenvalue weighted by atomic mass is 79.9. The molecule has 0 bridgehead atoms. The minimum atomic E-state index is -4.04. The molecule has 8 nitrogen and oxygen atoms in total. The van der Waals surface area contributed by atoms with E-state index in [-0.39, 0.29) is 23.9 Å². The molecule has 210 valence electrons. The van der Waals surface area contributed by atoms with Crippen molar-refractivity contribution < 1.29 is 22.7 Å². The van der Waals surface area contributed by atoms with E-state index in [0.717, 1.165) is 19.9 Å². The maximum absolute atomic E-state index is 13.9. The van der Waals surface area contributed by atoms with E-state index in [1.165, 1.54) is 17.0 Å². The topological polar surface area (TPSA) is 96.0 Å². The van der Waals surface area contributed by atoms with E-state index >= 15 is 0 Å². The highest BCUT2D eigenvalue weighted by molar-refractivity contribution is 9.10. The van der Waals surface area contributed by atoms with Crippen molar-refractivity contribution in [3.63, 3.8) is 0 Å². The second-order valence-corrected chi connectivity index (χ2v) is 12.3. The average Bonchev–Trinajstić information content (AvgIpc) is 3.00. The number of hydrogen-bond acceptors (Lipinski definition) is 5. The second kappa shape index (κ2) is 12.7. The SMILES string of the molecule is O=C(NCc1ccccc1)C1CN(C(=O)CN(Cc2ccccc2)S(=O)(=O)c2ccc(Br)cc2)c2ccccc2O1. The van der Waals surface area contributed by atoms with E-state index in [1.807, 2.05) is 60.7 Å². The molecule has 1 aliphatic heterocycles. The normalized spacial score (nSPS) is 14.7. The maximum Gasteiger partial charge on any atom is 0.263 e. The summed E-state index contributed by atoms with van der Waals surface area (Å²) in [6.07, 6.45) is -0.969. The van der Waals surface area contributed by atoms with Gasteiger partial charge in [-0.3, -0.25) is 9.59 Å². The zero-order valence-corrected chi connectivity index (χ0v) is 24.4. The minimum Gasteiger partial charge on any atom is -0.477 e. The number of amides is 2. The Morgan fingerprint density at radius 2 is 1.46 bits per heavy atom. The van der Waals surface area contributed by atoms with Crippen LogP contribution in [0.2, 0.25) is 0 Å². The summed E-state index contributed by atoms with van der Waals surface area (Å²) in [4.78, 5) is 28.5. The fraction of sp³-hybridized carbons (Fsp3) is 0.161. The Morgan fingerprint density at radius 3 is 2.15 bits per heavy atom. The van der Waals surface area contributed by atoms with Gasteiger partial charge in [-0.05, 0) is 47.5 Å². The summed E-state index contributed by atoms with van der Waals surface area (Å²) < 4.78 is 35.4. The van der Waals surface area contributed by atoms with Crippen LogP contribution in [0.25, 0.3) is 0 Å². The fourth-order valence-corrected chi connectivity index (χ4v) is 6.15. The molecule has 1 unspecified atom stereocenters. The highest BCUT2D eigenvalue weighted by Crippen LogP contribution is 2.34. The number of nitrogens with one attached hydrogen (secondary N) is 1. The monoisotopic (exact) mass is 633 g/mol. The molecule has 2 amide bonds. The molecule has 4 aromatic rings. The van der Waals surface area contributed by atoms with Crippen molar-refractivity contribution in [2.24, 2.45) is 0 Å². The largest absolute Gasteiger partial charge is 0.477 e. The number of halogens is 1. The summed E-state index contributed by atoms with van der Waals surface area (Å²) in [5.74, 6) is -0.472. The molecule has 1 heterocycles. The number of hydrogen-bond donors (Lipinski definition) is 1. The van der Waals surface area contributed by atoms with E-state index in [1.54, 1.807) is 36.4 Å². The summed E-state index contributed by atoms with van der Waals surface area (Å²) in [5.41, 5.74) is 2.14. The molecular formula is C31H28BrN3O5S. The number of nitrogens with zero attached hydrogens (tertiary/aromatic N) is 2. The number of para-hydroxylation sites is 2. The number of carbonyl (C=O) groups is 2. The van der Waals surface area contributed by atoms with Crippen LogP contribution >= 0.6 is 15.9 Å². The van der Waals surface area contributed by atoms with Crippen molar-refractivity contribution in [2.75, 3.05) is 18.0 Å². The number of benzene rings is 4. The highest BCUT2D eigenvalue weighted by Gasteiger charge is 2.36. The van der Waals surface area contributed by atoms with Gasteiger partial charge in [-0.15, -0.1) is 0 Å². The van der Waals surface area contributed by atoms with E-state index in [9.17, 15) is 18.0 Å². The average molecular weight is 635 g/mol. The fourth-order valence-electron chi connectivity index (χ4n) is 4.51. The molecule has 0 spiro atoms. The molecule has 0 fully saturated rings. The Morgan fingerprint density at radius 1 is 0.854 bits per heavy atom. The Bertz CT molecular complexity index is 1620. The molecule has 5 rings (SSSR count). The van der Waals surface area contributed by atoms with Gasteiger partial charge in [0.05, 0.1) is 23.7 Å². The molecule has 1 atom stereocenters. The zero-order chi connectivity index (χ0) is 28.8. The van der Waals surface area contributed by atoms with Gasteiger partial charge in [0.1, 0.15) is 5.75 Å². The second-order valence-electron chi connectivity index (χ2n) is 9.49. The zero-order valence-electron chi connectivity index (χ0n) is 22.0. The summed E-state index contributed by atoms with van der Waals surface area (Å²) in [6.45, 7) is -0.183. The van der Waals surface area contributed by atoms with E-state index in [0.29, 0.717) is 18.0 Å². The first kappa shape index (κ1) is 28.5. The molecule has 0 radical (unpaired) electrons. The van der Waals surface area contributed by atoms with Crippen molar-refractivity contribution in [3.8, 4) is 5.75 Å². The first-order valence-corrected chi connectivity index (χ1v) is 15.2. The van der Waals surface area contributed by atoms with Crippen LogP contribution in [0.1, 0.15) is 11.1 Å². The van der Waals surface area contributed by atoms with Crippen molar-refractivity contribution in [1.82, 2.24) is 9.62 Å². The van der Waals surface area contributed by atoms with Crippen LogP contribution in [0.3, 0.4) is 0 Å². The lowest BCUT2D eigenvalue weighted by molar-refractivity contribution is -0.128. The van der Waals surface area contributed by atoms with Crippen LogP contribution in [0.4, 0.5) is 5.69 Å². The number of carbonyl (C=O) groups excluding carboxylic acids is 2. The summed E-state index contributed by atoms with van der Waals surface area (Å²) >= 11 is 3.34. The first-order valence-electron chi connectivity index (χ1n) is 13.0. The van der Waals surface area contributed by atoms with Crippen molar-refractivity contribution >= 4 is 43.5 Å². The van der Waals surface area contributed by atoms with Gasteiger partial charge in [-0.2, -0.15) is 4.31 Å². The molecule has 1 N–H and O–H groups in total. The van der Waals surface area contributed by atoms with Gasteiger partial charge in [0, 0.05) is 17.6 Å². The number of rotatable bonds is 9. The number of ether oxygens (including phenoxy) is 1. The molecule has 0 saturated heterocycles. The molecular weight excluding hydrogens is 606 g/mol. The van der Waals surface area contributed by atoms with Gasteiger partial charge in [0.15, 0.2) is 6.10 Å². The van der Waals surface area contributed by atoms with Gasteiger partial charge in [0.25, 0.3) is 5.91 Å². The van der Waals surface area contributed by atoms with Crippen LogP contribution in [0.15, 0.2) is 119 Å². The Hall–Kier alpha value is -3.99.